The van der Waals surface area contributed by atoms with Gasteiger partial charge in [-0.05, 0) is 61.2 Å². The van der Waals surface area contributed by atoms with Crippen molar-refractivity contribution >= 4 is 21.9 Å². The molecular weight excluding hydrogens is 434 g/mol. The Labute approximate surface area is 188 Å². The minimum Gasteiger partial charge on any atom is -0.481 e. The minimum atomic E-state index is -3.58. The Balaban J connectivity index is 1.82. The largest absolute Gasteiger partial charge is 0.481 e. The Morgan fingerprint density at radius 1 is 1.22 bits per heavy atom. The summed E-state index contributed by atoms with van der Waals surface area (Å²) in [7, 11) is -3.58. The van der Waals surface area contributed by atoms with Crippen LogP contribution in [0.3, 0.4) is 0 Å². The van der Waals surface area contributed by atoms with Crippen molar-refractivity contribution in [2.75, 3.05) is 13.1 Å². The van der Waals surface area contributed by atoms with Crippen molar-refractivity contribution in [2.45, 2.75) is 62.8 Å². The van der Waals surface area contributed by atoms with E-state index in [0.717, 1.165) is 18.4 Å². The number of nitrogens with zero attached hydrogens (tertiary/aromatic N) is 3. The van der Waals surface area contributed by atoms with E-state index in [1.807, 2.05) is 12.1 Å². The molecule has 0 unspecified atom stereocenters. The summed E-state index contributed by atoms with van der Waals surface area (Å²) in [5.74, 6) is -1.47. The Morgan fingerprint density at radius 2 is 1.88 bits per heavy atom. The first kappa shape index (κ1) is 25.6. The number of aliphatic carboxylic acids is 1. The van der Waals surface area contributed by atoms with Crippen LogP contribution in [0, 0.1) is 11.8 Å². The number of aryl methyl sites for hydroxylation is 1. The highest BCUT2D eigenvalue weighted by Crippen LogP contribution is 2.29. The van der Waals surface area contributed by atoms with Gasteiger partial charge in [0.1, 0.15) is 0 Å². The summed E-state index contributed by atoms with van der Waals surface area (Å²) < 4.78 is 27.8. The fourth-order valence-electron chi connectivity index (χ4n) is 3.89. The normalized spacial score (nSPS) is 19.5. The number of nitrogens with one attached hydrogen (secondary N) is 2. The zero-order chi connectivity index (χ0) is 23.6. The van der Waals surface area contributed by atoms with Gasteiger partial charge in [-0.1, -0.05) is 30.6 Å². The summed E-state index contributed by atoms with van der Waals surface area (Å²) in [6.07, 6.45) is 4.15. The lowest BCUT2D eigenvalue weighted by molar-refractivity contribution is -0.137. The number of hydrogen-bond donors (Lipinski definition) is 3. The van der Waals surface area contributed by atoms with Crippen molar-refractivity contribution in [1.82, 2.24) is 10.0 Å². The summed E-state index contributed by atoms with van der Waals surface area (Å²) in [6, 6.07) is 6.17. The van der Waals surface area contributed by atoms with Gasteiger partial charge in [0.15, 0.2) is 0 Å². The van der Waals surface area contributed by atoms with Crippen LogP contribution in [0.4, 0.5) is 0 Å². The molecule has 0 spiro atoms. The van der Waals surface area contributed by atoms with E-state index in [1.165, 1.54) is 0 Å². The molecule has 1 aromatic carbocycles. The number of hydrogen-bond acceptors (Lipinski definition) is 5. The Morgan fingerprint density at radius 3 is 2.44 bits per heavy atom. The maximum Gasteiger partial charge on any atom is 0.305 e. The van der Waals surface area contributed by atoms with Crippen molar-refractivity contribution in [3.8, 4) is 0 Å². The van der Waals surface area contributed by atoms with Gasteiger partial charge in [0.2, 0.25) is 15.9 Å². The highest BCUT2D eigenvalue weighted by Gasteiger charge is 2.28. The minimum absolute atomic E-state index is 0.120. The molecule has 0 saturated heterocycles. The van der Waals surface area contributed by atoms with Crippen LogP contribution in [0.2, 0.25) is 0 Å². The number of rotatable bonds is 12. The number of azide groups is 1. The van der Waals surface area contributed by atoms with Crippen LogP contribution in [0.15, 0.2) is 34.3 Å². The summed E-state index contributed by atoms with van der Waals surface area (Å²) in [6.45, 7) is 2.26. The highest BCUT2D eigenvalue weighted by atomic mass is 32.2. The molecule has 1 atom stereocenters. The average Bonchev–Trinajstić information content (AvgIpc) is 2.76. The van der Waals surface area contributed by atoms with Gasteiger partial charge >= 0.3 is 5.97 Å². The molecule has 0 aromatic heterocycles. The second-order valence-corrected chi connectivity index (χ2v) is 9.95. The molecule has 176 valence electrons. The van der Waals surface area contributed by atoms with Crippen LogP contribution in [0.5, 0.6) is 0 Å². The number of carboxylic acids is 1. The number of carbonyl (C=O) groups is 2. The van der Waals surface area contributed by atoms with Gasteiger partial charge < -0.3 is 10.4 Å². The van der Waals surface area contributed by atoms with Crippen LogP contribution in [-0.2, 0) is 26.0 Å². The number of amides is 1. The van der Waals surface area contributed by atoms with Gasteiger partial charge in [0.05, 0.1) is 11.3 Å². The average molecular weight is 466 g/mol. The predicted octanol–water partition coefficient (Wildman–Crippen LogP) is 2.99. The maximum atomic E-state index is 12.6. The lowest BCUT2D eigenvalue weighted by atomic mass is 9.81. The second-order valence-electron chi connectivity index (χ2n) is 8.18. The molecule has 10 nitrogen and oxygen atoms in total. The van der Waals surface area contributed by atoms with E-state index < -0.39 is 22.0 Å². The van der Waals surface area contributed by atoms with E-state index in [1.54, 1.807) is 12.1 Å². The number of carbonyl (C=O) groups excluding carboxylic acids is 1. The monoisotopic (exact) mass is 465 g/mol. The Kier molecular flexibility index (Phi) is 9.96. The fourth-order valence-corrected chi connectivity index (χ4v) is 5.01. The van der Waals surface area contributed by atoms with Gasteiger partial charge in [-0.25, -0.2) is 13.1 Å². The molecule has 1 amide bonds. The number of carboxylic acid groups (broad SMARTS) is 1. The molecule has 0 radical (unpaired) electrons. The molecule has 1 aromatic rings. The summed E-state index contributed by atoms with van der Waals surface area (Å²) in [4.78, 5) is 26.3. The second kappa shape index (κ2) is 12.4. The summed E-state index contributed by atoms with van der Waals surface area (Å²) in [5.41, 5.74) is 9.53. The van der Waals surface area contributed by atoms with Crippen LogP contribution >= 0.6 is 0 Å². The lowest BCUT2D eigenvalue weighted by Gasteiger charge is -2.29. The molecule has 1 fully saturated rings. The number of sulfonamides is 1. The van der Waals surface area contributed by atoms with Gasteiger partial charge in [-0.15, -0.1) is 0 Å². The molecule has 3 N–H and O–H groups in total. The molecule has 0 heterocycles. The van der Waals surface area contributed by atoms with E-state index in [-0.39, 0.29) is 35.6 Å². The van der Waals surface area contributed by atoms with Crippen molar-refractivity contribution in [3.05, 3.63) is 40.3 Å². The molecule has 32 heavy (non-hydrogen) atoms. The SMILES string of the molecule is CCCc1ccc(S(=O)(=O)NCC2CCC(C(=O)N[C@H](CN=[N+]=[N-])CC(=O)O)CC2)cc1. The standard InChI is InChI=1S/C21H31N5O5S/c1-2-3-15-6-10-19(11-7-15)32(30,31)24-13-16-4-8-17(9-5-16)21(29)25-18(12-20(27)28)14-23-26-22/h6-7,10-11,16-18,24H,2-5,8-9,12-14H2,1H3,(H,25,29)(H,27,28)/t16?,17?,18-/m0/s1. The predicted molar refractivity (Wildman–Crippen MR) is 119 cm³/mol. The molecule has 11 heteroatoms. The van der Waals surface area contributed by atoms with Crippen LogP contribution in [0.25, 0.3) is 10.4 Å². The van der Waals surface area contributed by atoms with E-state index in [4.69, 9.17) is 10.6 Å². The van der Waals surface area contributed by atoms with Crippen molar-refractivity contribution in [1.29, 1.82) is 0 Å². The third-order valence-corrected chi connectivity index (χ3v) is 7.12. The van der Waals surface area contributed by atoms with E-state index in [2.05, 4.69) is 27.0 Å². The molecule has 1 aliphatic carbocycles. The smallest absolute Gasteiger partial charge is 0.305 e. The number of benzene rings is 1. The van der Waals surface area contributed by atoms with Crippen molar-refractivity contribution in [3.63, 3.8) is 0 Å². The third kappa shape index (κ3) is 8.14. The topological polar surface area (TPSA) is 161 Å². The quantitative estimate of drug-likeness (QED) is 0.245. The van der Waals surface area contributed by atoms with E-state index >= 15 is 0 Å². The third-order valence-electron chi connectivity index (χ3n) is 5.68. The first-order valence-corrected chi connectivity index (χ1v) is 12.3. The Bertz CT molecular complexity index is 916. The Hall–Kier alpha value is -2.62. The van der Waals surface area contributed by atoms with E-state index in [0.29, 0.717) is 32.2 Å². The van der Waals surface area contributed by atoms with Crippen molar-refractivity contribution in [2.24, 2.45) is 17.0 Å². The molecule has 0 bridgehead atoms. The van der Waals surface area contributed by atoms with Gasteiger partial charge in [0.25, 0.3) is 0 Å². The fraction of sp³-hybridized carbons (Fsp3) is 0.619. The lowest BCUT2D eigenvalue weighted by Crippen LogP contribution is -2.43. The van der Waals surface area contributed by atoms with Crippen LogP contribution < -0.4 is 10.0 Å². The molecule has 2 rings (SSSR count). The molecular formula is C21H31N5O5S. The summed E-state index contributed by atoms with van der Waals surface area (Å²) in [5, 5.41) is 15.0. The highest BCUT2D eigenvalue weighted by molar-refractivity contribution is 7.89. The molecule has 0 aliphatic heterocycles. The van der Waals surface area contributed by atoms with Gasteiger partial charge in [-0.3, -0.25) is 9.59 Å². The van der Waals surface area contributed by atoms with Crippen LogP contribution in [0.1, 0.15) is 51.0 Å². The first-order valence-electron chi connectivity index (χ1n) is 10.9. The maximum absolute atomic E-state index is 12.6. The first-order chi connectivity index (χ1) is 15.2. The molecule has 1 aliphatic rings. The zero-order valence-electron chi connectivity index (χ0n) is 18.2. The molecule has 1 saturated carbocycles. The summed E-state index contributed by atoms with van der Waals surface area (Å²) >= 11 is 0. The van der Waals surface area contributed by atoms with Crippen LogP contribution in [-0.4, -0.2) is 44.5 Å². The zero-order valence-corrected chi connectivity index (χ0v) is 19.1. The van der Waals surface area contributed by atoms with Gasteiger partial charge in [0, 0.05) is 30.0 Å². The van der Waals surface area contributed by atoms with Crippen molar-refractivity contribution < 1.29 is 23.1 Å². The van der Waals surface area contributed by atoms with Gasteiger partial charge in [-0.2, -0.15) is 0 Å². The van der Waals surface area contributed by atoms with E-state index in [9.17, 15) is 18.0 Å².